The third-order valence-corrected chi connectivity index (χ3v) is 2.67. The Bertz CT molecular complexity index is 680. The Morgan fingerprint density at radius 1 is 1.45 bits per heavy atom. The van der Waals surface area contributed by atoms with Gasteiger partial charge in [0.15, 0.2) is 17.0 Å². The number of ether oxygens (including phenoxy) is 1. The molecule has 8 heteroatoms. The van der Waals surface area contributed by atoms with E-state index in [1.165, 1.54) is 0 Å². The third-order valence-electron chi connectivity index (χ3n) is 2.33. The van der Waals surface area contributed by atoms with Crippen molar-refractivity contribution in [3.63, 3.8) is 0 Å². The van der Waals surface area contributed by atoms with Gasteiger partial charge in [-0.3, -0.25) is 0 Å². The predicted octanol–water partition coefficient (Wildman–Crippen LogP) is 2.87. The number of hydrogen-bond donors (Lipinski definition) is 1. The van der Waals surface area contributed by atoms with Crippen LogP contribution in [0.3, 0.4) is 0 Å². The van der Waals surface area contributed by atoms with E-state index < -0.39 is 17.0 Å². The Morgan fingerprint density at radius 2 is 2.25 bits per heavy atom. The molecule has 1 N–H and O–H groups in total. The summed E-state index contributed by atoms with van der Waals surface area (Å²) in [6.07, 6.45) is 0. The van der Waals surface area contributed by atoms with Gasteiger partial charge in [-0.1, -0.05) is 0 Å². The number of fused-ring (bicyclic) bond motifs is 1. The average Bonchev–Trinajstić information content (AvgIpc) is 2.81. The van der Waals surface area contributed by atoms with E-state index >= 15 is 0 Å². The minimum Gasteiger partial charge on any atom is -0.460 e. The van der Waals surface area contributed by atoms with Crippen LogP contribution in [0.5, 0.6) is 0 Å². The van der Waals surface area contributed by atoms with Gasteiger partial charge in [0.25, 0.3) is 0 Å². The van der Waals surface area contributed by atoms with Crippen LogP contribution in [0.15, 0.2) is 38.9 Å². The van der Waals surface area contributed by atoms with Crippen molar-refractivity contribution in [2.45, 2.75) is 6.92 Å². The highest BCUT2D eigenvalue weighted by atomic mass is 32.2. The summed E-state index contributed by atoms with van der Waals surface area (Å²) in [5, 5.41) is 8.05. The monoisotopic (exact) mass is 296 g/mol. The van der Waals surface area contributed by atoms with Gasteiger partial charge in [-0.25, -0.2) is 9.00 Å². The normalized spacial score (nSPS) is 12.9. The molecule has 1 unspecified atom stereocenters. The first-order chi connectivity index (χ1) is 9.60. The molecule has 20 heavy (non-hydrogen) atoms. The van der Waals surface area contributed by atoms with Crippen molar-refractivity contribution in [1.82, 2.24) is 0 Å². The summed E-state index contributed by atoms with van der Waals surface area (Å²) < 4.78 is 29.2. The van der Waals surface area contributed by atoms with E-state index in [9.17, 15) is 9.00 Å². The lowest BCUT2D eigenvalue weighted by Gasteiger charge is -1.95. The lowest BCUT2D eigenvalue weighted by Crippen LogP contribution is -2.02. The number of azo groups is 1. The fourth-order valence-electron chi connectivity index (χ4n) is 1.56. The van der Waals surface area contributed by atoms with E-state index in [2.05, 4.69) is 10.2 Å². The molecule has 0 saturated carbocycles. The topological polar surface area (TPSA) is 101 Å². The molecule has 2 rings (SSSR count). The average molecular weight is 296 g/mol. The maximum atomic E-state index is 11.5. The SMILES string of the molecule is CCOC(=O)c1cc2cc(N=NCS(=O)O)ccc2o1. The standard InChI is InChI=1S/C12H12N2O5S/c1-2-18-12(15)11-6-8-5-9(3-4-10(8)19-11)14-13-7-20(16)17/h3-6H,2,7H2,1H3,(H,16,17). The predicted molar refractivity (Wildman–Crippen MR) is 72.3 cm³/mol. The molecule has 1 heterocycles. The molecule has 0 aliphatic heterocycles. The number of hydrogen-bond acceptors (Lipinski definition) is 6. The van der Waals surface area contributed by atoms with Gasteiger partial charge in [-0.05, 0) is 31.2 Å². The third kappa shape index (κ3) is 3.49. The molecule has 106 valence electrons. The van der Waals surface area contributed by atoms with Crippen molar-refractivity contribution in [1.29, 1.82) is 0 Å². The summed E-state index contributed by atoms with van der Waals surface area (Å²) in [6.45, 7) is 1.98. The summed E-state index contributed by atoms with van der Waals surface area (Å²) in [5.41, 5.74) is 1.02. The van der Waals surface area contributed by atoms with Crippen molar-refractivity contribution in [3.8, 4) is 0 Å². The molecule has 0 radical (unpaired) electrons. The smallest absolute Gasteiger partial charge is 0.374 e. The fourth-order valence-corrected chi connectivity index (χ4v) is 1.71. The molecule has 7 nitrogen and oxygen atoms in total. The van der Waals surface area contributed by atoms with E-state index in [4.69, 9.17) is 13.7 Å². The first kappa shape index (κ1) is 14.4. The number of nitrogens with zero attached hydrogens (tertiary/aromatic N) is 2. The molecule has 1 atom stereocenters. The van der Waals surface area contributed by atoms with Crippen molar-refractivity contribution in [2.75, 3.05) is 12.5 Å². The van der Waals surface area contributed by atoms with Gasteiger partial charge in [0.1, 0.15) is 5.58 Å². The number of rotatable bonds is 5. The van der Waals surface area contributed by atoms with Crippen LogP contribution in [-0.4, -0.2) is 27.2 Å². The van der Waals surface area contributed by atoms with Gasteiger partial charge in [0.2, 0.25) is 5.76 Å². The largest absolute Gasteiger partial charge is 0.460 e. The Labute approximate surface area is 116 Å². The maximum Gasteiger partial charge on any atom is 0.374 e. The zero-order chi connectivity index (χ0) is 14.5. The molecule has 0 aliphatic carbocycles. The van der Waals surface area contributed by atoms with Crippen LogP contribution in [0.25, 0.3) is 11.0 Å². The van der Waals surface area contributed by atoms with Crippen molar-refractivity contribution < 1.29 is 22.7 Å². The second kappa shape index (κ2) is 6.40. The minimum atomic E-state index is -2.01. The summed E-state index contributed by atoms with van der Waals surface area (Å²) in [7, 11) is 0. The first-order valence-corrected chi connectivity index (χ1v) is 7.03. The Hall–Kier alpha value is -2.06. The number of carbonyl (C=O) groups is 1. The molecule has 0 bridgehead atoms. The molecule has 1 aromatic carbocycles. The van der Waals surface area contributed by atoms with Gasteiger partial charge >= 0.3 is 5.97 Å². The van der Waals surface area contributed by atoms with E-state index in [1.54, 1.807) is 31.2 Å². The molecule has 2 aromatic rings. The Morgan fingerprint density at radius 3 is 2.95 bits per heavy atom. The zero-order valence-electron chi connectivity index (χ0n) is 10.6. The maximum absolute atomic E-state index is 11.5. The number of esters is 1. The van der Waals surface area contributed by atoms with Crippen LogP contribution in [0.2, 0.25) is 0 Å². The molecule has 0 fully saturated rings. The molecule has 1 aromatic heterocycles. The number of carbonyl (C=O) groups excluding carboxylic acids is 1. The van der Waals surface area contributed by atoms with E-state index in [1.807, 2.05) is 0 Å². The highest BCUT2D eigenvalue weighted by Crippen LogP contribution is 2.25. The summed E-state index contributed by atoms with van der Waals surface area (Å²) in [6, 6.07) is 6.48. The van der Waals surface area contributed by atoms with Crippen molar-refractivity contribution in [3.05, 3.63) is 30.0 Å². The summed E-state index contributed by atoms with van der Waals surface area (Å²) in [5.74, 6) is -0.688. The van der Waals surface area contributed by atoms with Crippen molar-refractivity contribution >= 4 is 33.7 Å². The molecule has 0 amide bonds. The van der Waals surface area contributed by atoms with Crippen LogP contribution in [0, 0.1) is 0 Å². The second-order valence-electron chi connectivity index (χ2n) is 3.75. The number of furan rings is 1. The molecular weight excluding hydrogens is 284 g/mol. The van der Waals surface area contributed by atoms with Crippen LogP contribution in [0.1, 0.15) is 17.5 Å². The van der Waals surface area contributed by atoms with E-state index in [0.717, 1.165) is 0 Å². The van der Waals surface area contributed by atoms with Crippen molar-refractivity contribution in [2.24, 2.45) is 10.2 Å². The Balaban J connectivity index is 2.23. The summed E-state index contributed by atoms with van der Waals surface area (Å²) in [4.78, 5) is 11.5. The van der Waals surface area contributed by atoms with Gasteiger partial charge in [0, 0.05) is 5.39 Å². The highest BCUT2D eigenvalue weighted by molar-refractivity contribution is 7.79. The van der Waals surface area contributed by atoms with Crippen LogP contribution < -0.4 is 0 Å². The fraction of sp³-hybridized carbons (Fsp3) is 0.250. The molecule has 0 aliphatic rings. The number of benzene rings is 1. The lowest BCUT2D eigenvalue weighted by atomic mass is 10.2. The van der Waals surface area contributed by atoms with Crippen LogP contribution in [-0.2, 0) is 15.8 Å². The van der Waals surface area contributed by atoms with E-state index in [-0.39, 0.29) is 18.2 Å². The lowest BCUT2D eigenvalue weighted by molar-refractivity contribution is 0.0492. The van der Waals surface area contributed by atoms with E-state index in [0.29, 0.717) is 16.7 Å². The highest BCUT2D eigenvalue weighted by Gasteiger charge is 2.13. The van der Waals surface area contributed by atoms with Gasteiger partial charge < -0.3 is 13.7 Å². The molecular formula is C12H12N2O5S. The second-order valence-corrected chi connectivity index (χ2v) is 4.65. The zero-order valence-corrected chi connectivity index (χ0v) is 11.4. The summed E-state index contributed by atoms with van der Waals surface area (Å²) >= 11 is -2.01. The molecule has 0 saturated heterocycles. The molecule has 0 spiro atoms. The quantitative estimate of drug-likeness (QED) is 0.519. The Kier molecular flexibility index (Phi) is 4.59. The van der Waals surface area contributed by atoms with Gasteiger partial charge in [-0.2, -0.15) is 10.2 Å². The van der Waals surface area contributed by atoms with Gasteiger partial charge in [0.05, 0.1) is 12.3 Å². The minimum absolute atomic E-state index is 0.118. The van der Waals surface area contributed by atoms with Crippen LogP contribution >= 0.6 is 0 Å². The van der Waals surface area contributed by atoms with Crippen LogP contribution in [0.4, 0.5) is 5.69 Å². The first-order valence-electron chi connectivity index (χ1n) is 5.76. The van der Waals surface area contributed by atoms with Gasteiger partial charge in [-0.15, -0.1) is 0 Å².